The number of hydrogen-bond donors (Lipinski definition) is 1. The third-order valence-corrected chi connectivity index (χ3v) is 4.87. The highest BCUT2D eigenvalue weighted by molar-refractivity contribution is 5.60. The highest BCUT2D eigenvalue weighted by Gasteiger charge is 2.42. The molecule has 0 amide bonds. The van der Waals surface area contributed by atoms with Crippen LogP contribution in [-0.2, 0) is 6.18 Å². The maximum atomic E-state index is 13.4. The second-order valence-corrected chi connectivity index (χ2v) is 6.15. The van der Waals surface area contributed by atoms with Gasteiger partial charge in [-0.05, 0) is 35.6 Å². The summed E-state index contributed by atoms with van der Waals surface area (Å²) in [6.07, 6.45) is 0.676. The molecule has 0 spiro atoms. The van der Waals surface area contributed by atoms with Crippen LogP contribution < -0.4 is 5.32 Å². The largest absolute Gasteiger partial charge is 0.416 e. The summed E-state index contributed by atoms with van der Waals surface area (Å²) in [6.45, 7) is 0. The van der Waals surface area contributed by atoms with Gasteiger partial charge in [-0.15, -0.1) is 0 Å². The van der Waals surface area contributed by atoms with Gasteiger partial charge in [-0.3, -0.25) is 0 Å². The Bertz CT molecular complexity index is 763. The quantitative estimate of drug-likeness (QED) is 0.682. The number of halogens is 3. The standard InChI is InChI=1S/C19H16F3N/c20-19(21,22)16-10-3-1-7-15(16)18-14-9-5-8-12(14)13-6-2-4-11-17(13)23-18/h1-8,10-12,14,18,23H,9H2/t12-,14-,18+/m0/s1. The highest BCUT2D eigenvalue weighted by Crippen LogP contribution is 2.51. The molecule has 0 fully saturated rings. The molecule has 1 N–H and O–H groups in total. The minimum absolute atomic E-state index is 0.119. The van der Waals surface area contributed by atoms with Gasteiger partial charge in [0.2, 0.25) is 0 Å². The van der Waals surface area contributed by atoms with E-state index in [4.69, 9.17) is 0 Å². The van der Waals surface area contributed by atoms with Gasteiger partial charge in [0, 0.05) is 11.6 Å². The highest BCUT2D eigenvalue weighted by atomic mass is 19.4. The van der Waals surface area contributed by atoms with Crippen LogP contribution in [0.3, 0.4) is 0 Å². The van der Waals surface area contributed by atoms with Crippen molar-refractivity contribution in [3.05, 3.63) is 77.4 Å². The van der Waals surface area contributed by atoms with Crippen molar-refractivity contribution in [2.75, 3.05) is 5.32 Å². The van der Waals surface area contributed by atoms with Gasteiger partial charge in [-0.2, -0.15) is 13.2 Å². The van der Waals surface area contributed by atoms with E-state index in [-0.39, 0.29) is 17.9 Å². The molecule has 0 saturated carbocycles. The summed E-state index contributed by atoms with van der Waals surface area (Å²) in [7, 11) is 0. The van der Waals surface area contributed by atoms with E-state index in [1.807, 2.05) is 18.2 Å². The molecule has 0 saturated heterocycles. The van der Waals surface area contributed by atoms with E-state index >= 15 is 0 Å². The van der Waals surface area contributed by atoms with Gasteiger partial charge in [0.1, 0.15) is 0 Å². The first-order valence-electron chi connectivity index (χ1n) is 7.74. The Morgan fingerprint density at radius 2 is 1.61 bits per heavy atom. The summed E-state index contributed by atoms with van der Waals surface area (Å²) in [5.74, 6) is 0.298. The first-order valence-corrected chi connectivity index (χ1v) is 7.74. The fourth-order valence-corrected chi connectivity index (χ4v) is 3.88. The number of fused-ring (bicyclic) bond motifs is 3. The number of nitrogens with one attached hydrogen (secondary N) is 1. The minimum Gasteiger partial charge on any atom is -0.378 e. The molecule has 1 heterocycles. The van der Waals surface area contributed by atoms with Crippen molar-refractivity contribution < 1.29 is 13.2 Å². The second-order valence-electron chi connectivity index (χ2n) is 6.15. The molecule has 0 aromatic heterocycles. The number of rotatable bonds is 1. The van der Waals surface area contributed by atoms with Gasteiger partial charge < -0.3 is 5.32 Å². The van der Waals surface area contributed by atoms with Gasteiger partial charge in [0.15, 0.2) is 0 Å². The Balaban J connectivity index is 1.83. The Labute approximate surface area is 132 Å². The van der Waals surface area contributed by atoms with Crippen LogP contribution >= 0.6 is 0 Å². The van der Waals surface area contributed by atoms with Crippen molar-refractivity contribution in [3.63, 3.8) is 0 Å². The Kier molecular flexibility index (Phi) is 3.22. The van der Waals surface area contributed by atoms with Gasteiger partial charge in [-0.1, -0.05) is 48.6 Å². The van der Waals surface area contributed by atoms with Gasteiger partial charge in [-0.25, -0.2) is 0 Å². The molecule has 2 aliphatic rings. The zero-order valence-corrected chi connectivity index (χ0v) is 12.3. The van der Waals surface area contributed by atoms with E-state index < -0.39 is 11.7 Å². The third kappa shape index (κ3) is 2.33. The van der Waals surface area contributed by atoms with Crippen molar-refractivity contribution in [1.29, 1.82) is 0 Å². The fourth-order valence-electron chi connectivity index (χ4n) is 3.88. The molecule has 0 bridgehead atoms. The number of allylic oxidation sites excluding steroid dienone is 2. The molecule has 3 atom stereocenters. The number of anilines is 1. The van der Waals surface area contributed by atoms with Crippen molar-refractivity contribution >= 4 is 5.69 Å². The number of benzene rings is 2. The van der Waals surface area contributed by atoms with Gasteiger partial charge in [0.05, 0.1) is 11.6 Å². The average molecular weight is 315 g/mol. The molecule has 4 heteroatoms. The molecule has 4 rings (SSSR count). The van der Waals surface area contributed by atoms with Crippen LogP contribution in [-0.4, -0.2) is 0 Å². The lowest BCUT2D eigenvalue weighted by molar-refractivity contribution is -0.138. The van der Waals surface area contributed by atoms with Crippen LogP contribution in [0.2, 0.25) is 0 Å². The van der Waals surface area contributed by atoms with Crippen molar-refractivity contribution in [3.8, 4) is 0 Å². The minimum atomic E-state index is -4.34. The van der Waals surface area contributed by atoms with E-state index in [2.05, 4.69) is 23.5 Å². The zero-order chi connectivity index (χ0) is 16.0. The molecule has 1 nitrogen and oxygen atoms in total. The molecule has 0 unspecified atom stereocenters. The van der Waals surface area contributed by atoms with E-state index in [1.54, 1.807) is 12.1 Å². The van der Waals surface area contributed by atoms with E-state index in [0.717, 1.165) is 12.1 Å². The van der Waals surface area contributed by atoms with E-state index in [0.29, 0.717) is 5.56 Å². The Morgan fingerprint density at radius 1 is 0.913 bits per heavy atom. The maximum absolute atomic E-state index is 13.4. The predicted molar refractivity (Wildman–Crippen MR) is 84.2 cm³/mol. The Hall–Kier alpha value is -2.23. The van der Waals surface area contributed by atoms with Crippen molar-refractivity contribution in [2.24, 2.45) is 5.92 Å². The van der Waals surface area contributed by atoms with E-state index in [1.165, 1.54) is 17.7 Å². The summed E-state index contributed by atoms with van der Waals surface area (Å²) < 4.78 is 40.2. The number of alkyl halides is 3. The van der Waals surface area contributed by atoms with Crippen LogP contribution in [0.15, 0.2) is 60.7 Å². The first kappa shape index (κ1) is 14.4. The summed E-state index contributed by atoms with van der Waals surface area (Å²) in [5, 5.41) is 3.36. The van der Waals surface area contributed by atoms with Crippen LogP contribution in [0.1, 0.15) is 35.1 Å². The zero-order valence-electron chi connectivity index (χ0n) is 12.3. The molecule has 23 heavy (non-hydrogen) atoms. The van der Waals surface area contributed by atoms with Crippen LogP contribution in [0.25, 0.3) is 0 Å². The van der Waals surface area contributed by atoms with Crippen LogP contribution in [0, 0.1) is 5.92 Å². The molecular formula is C19H16F3N. The van der Waals surface area contributed by atoms with Crippen molar-refractivity contribution in [1.82, 2.24) is 0 Å². The molecule has 1 aliphatic carbocycles. The number of hydrogen-bond acceptors (Lipinski definition) is 1. The topological polar surface area (TPSA) is 12.0 Å². The number of para-hydroxylation sites is 1. The fraction of sp³-hybridized carbons (Fsp3) is 0.263. The molecule has 2 aromatic rings. The molecule has 118 valence electrons. The van der Waals surface area contributed by atoms with Crippen LogP contribution in [0.4, 0.5) is 18.9 Å². The van der Waals surface area contributed by atoms with Gasteiger partial charge >= 0.3 is 6.18 Å². The van der Waals surface area contributed by atoms with E-state index in [9.17, 15) is 13.2 Å². The van der Waals surface area contributed by atoms with Crippen LogP contribution in [0.5, 0.6) is 0 Å². The smallest absolute Gasteiger partial charge is 0.378 e. The third-order valence-electron chi connectivity index (χ3n) is 4.87. The lowest BCUT2D eigenvalue weighted by atomic mass is 9.76. The second kappa shape index (κ2) is 5.15. The predicted octanol–water partition coefficient (Wildman–Crippen LogP) is 5.53. The summed E-state index contributed by atoms with van der Waals surface area (Å²) in [4.78, 5) is 0. The lowest BCUT2D eigenvalue weighted by Crippen LogP contribution is -2.30. The molecule has 2 aromatic carbocycles. The molecule has 1 aliphatic heterocycles. The summed E-state index contributed by atoms with van der Waals surface area (Å²) >= 11 is 0. The normalized spacial score (nSPS) is 25.6. The first-order chi connectivity index (χ1) is 11.1. The SMILES string of the molecule is FC(F)(F)c1ccccc1[C@@H]1Nc2ccccc2[C@@H]2C=CC[C@@H]21. The average Bonchev–Trinajstić information content (AvgIpc) is 3.03. The lowest BCUT2D eigenvalue weighted by Gasteiger charge is -2.38. The van der Waals surface area contributed by atoms with Crippen molar-refractivity contribution in [2.45, 2.75) is 24.6 Å². The Morgan fingerprint density at radius 3 is 2.39 bits per heavy atom. The maximum Gasteiger partial charge on any atom is 0.416 e. The van der Waals surface area contributed by atoms with Gasteiger partial charge in [0.25, 0.3) is 0 Å². The summed E-state index contributed by atoms with van der Waals surface area (Å²) in [6, 6.07) is 13.5. The molecule has 0 radical (unpaired) electrons. The monoisotopic (exact) mass is 315 g/mol. The summed E-state index contributed by atoms with van der Waals surface area (Å²) in [5.41, 5.74) is 1.91. The molecular weight excluding hydrogens is 299 g/mol.